The smallest absolute Gasteiger partial charge is 0.184 e. The van der Waals surface area contributed by atoms with Gasteiger partial charge in [-0.2, -0.15) is 0 Å². The molecular weight excluding hydrogens is 333 g/mol. The van der Waals surface area contributed by atoms with Crippen molar-refractivity contribution in [1.29, 1.82) is 0 Å². The lowest BCUT2D eigenvalue weighted by atomic mass is 9.96. The minimum absolute atomic E-state index is 0.00811. The number of aliphatic hydroxyl groups excluding tert-OH is 1. The van der Waals surface area contributed by atoms with E-state index in [2.05, 4.69) is 0 Å². The highest BCUT2D eigenvalue weighted by atomic mass is 35.5. The summed E-state index contributed by atoms with van der Waals surface area (Å²) in [6.07, 6.45) is 0. The highest BCUT2D eigenvalue weighted by Gasteiger charge is 2.27. The molecule has 3 nitrogen and oxygen atoms in total. The van der Waals surface area contributed by atoms with Crippen molar-refractivity contribution >= 4 is 29.0 Å². The van der Waals surface area contributed by atoms with E-state index in [0.717, 1.165) is 5.56 Å². The van der Waals surface area contributed by atoms with Gasteiger partial charge in [0.1, 0.15) is 0 Å². The SMILES string of the molecule is CCN(CCO)[C@H](C(=O)c1ccc(Cl)cc1)c1ccc(Cl)cc1. The molecule has 122 valence electrons. The average molecular weight is 352 g/mol. The topological polar surface area (TPSA) is 40.5 Å². The molecule has 0 unspecified atom stereocenters. The van der Waals surface area contributed by atoms with Crippen LogP contribution in [0.25, 0.3) is 0 Å². The average Bonchev–Trinajstić information content (AvgIpc) is 2.56. The van der Waals surface area contributed by atoms with Gasteiger partial charge >= 0.3 is 0 Å². The summed E-state index contributed by atoms with van der Waals surface area (Å²) in [7, 11) is 0. The molecule has 2 aromatic rings. The molecule has 0 aromatic heterocycles. The molecular formula is C18H19Cl2NO2. The lowest BCUT2D eigenvalue weighted by Crippen LogP contribution is -2.36. The van der Waals surface area contributed by atoms with Crippen molar-refractivity contribution < 1.29 is 9.90 Å². The number of aliphatic hydroxyl groups is 1. The molecule has 0 aliphatic heterocycles. The molecule has 0 radical (unpaired) electrons. The Morgan fingerprint density at radius 2 is 1.57 bits per heavy atom. The maximum absolute atomic E-state index is 13.0. The summed E-state index contributed by atoms with van der Waals surface area (Å²) in [4.78, 5) is 15.0. The molecule has 0 saturated carbocycles. The number of ketones is 1. The largest absolute Gasteiger partial charge is 0.395 e. The number of carbonyl (C=O) groups excluding carboxylic acids is 1. The first-order valence-corrected chi connectivity index (χ1v) is 8.22. The number of nitrogens with zero attached hydrogens (tertiary/aromatic N) is 1. The zero-order chi connectivity index (χ0) is 16.8. The van der Waals surface area contributed by atoms with E-state index in [4.69, 9.17) is 23.2 Å². The van der Waals surface area contributed by atoms with Gasteiger partial charge in [0.2, 0.25) is 0 Å². The van der Waals surface area contributed by atoms with E-state index >= 15 is 0 Å². The molecule has 0 aliphatic rings. The van der Waals surface area contributed by atoms with Gasteiger partial charge < -0.3 is 5.11 Å². The fourth-order valence-electron chi connectivity index (χ4n) is 2.54. The van der Waals surface area contributed by atoms with Crippen LogP contribution >= 0.6 is 23.2 Å². The molecule has 0 aliphatic carbocycles. The lowest BCUT2D eigenvalue weighted by Gasteiger charge is -2.29. The lowest BCUT2D eigenvalue weighted by molar-refractivity contribution is 0.0793. The van der Waals surface area contributed by atoms with Gasteiger partial charge in [0.05, 0.1) is 12.6 Å². The number of Topliss-reactive ketones (excluding diaryl/α,β-unsaturated/α-hetero) is 1. The standard InChI is InChI=1S/C18H19Cl2NO2/c1-2-21(11-12-22)17(13-3-7-15(19)8-4-13)18(23)14-5-9-16(20)10-6-14/h3-10,17,22H,2,11-12H2,1H3/t17-/m0/s1. The first-order valence-electron chi connectivity index (χ1n) is 7.47. The minimum atomic E-state index is -0.467. The molecule has 0 bridgehead atoms. The van der Waals surface area contributed by atoms with Crippen molar-refractivity contribution in [3.8, 4) is 0 Å². The second-order valence-electron chi connectivity index (χ2n) is 5.18. The van der Waals surface area contributed by atoms with Crippen LogP contribution in [0.3, 0.4) is 0 Å². The third-order valence-corrected chi connectivity index (χ3v) is 4.23. The first kappa shape index (κ1) is 18.0. The summed E-state index contributed by atoms with van der Waals surface area (Å²) in [6.45, 7) is 3.02. The predicted octanol–water partition coefficient (Wildman–Crippen LogP) is 4.23. The van der Waals surface area contributed by atoms with Crippen LogP contribution in [0, 0.1) is 0 Å². The third-order valence-electron chi connectivity index (χ3n) is 3.72. The highest BCUT2D eigenvalue weighted by molar-refractivity contribution is 6.31. The molecule has 0 amide bonds. The van der Waals surface area contributed by atoms with E-state index in [9.17, 15) is 9.90 Å². The normalized spacial score (nSPS) is 12.4. The molecule has 0 spiro atoms. The zero-order valence-corrected chi connectivity index (χ0v) is 14.4. The van der Waals surface area contributed by atoms with Crippen LogP contribution in [0.5, 0.6) is 0 Å². The van der Waals surface area contributed by atoms with Gasteiger partial charge in [-0.3, -0.25) is 9.69 Å². The Morgan fingerprint density at radius 1 is 1.04 bits per heavy atom. The summed E-state index contributed by atoms with van der Waals surface area (Å²) in [6, 6.07) is 13.6. The first-order chi connectivity index (χ1) is 11.1. The van der Waals surface area contributed by atoms with Gasteiger partial charge in [-0.15, -0.1) is 0 Å². The number of carbonyl (C=O) groups is 1. The molecule has 1 N–H and O–H groups in total. The number of likely N-dealkylation sites (N-methyl/N-ethyl adjacent to an activating group) is 1. The number of hydrogen-bond donors (Lipinski definition) is 1. The minimum Gasteiger partial charge on any atom is -0.395 e. The number of halogens is 2. The monoisotopic (exact) mass is 351 g/mol. The Morgan fingerprint density at radius 3 is 2.04 bits per heavy atom. The van der Waals surface area contributed by atoms with Crippen LogP contribution in [0.2, 0.25) is 10.0 Å². The summed E-state index contributed by atoms with van der Waals surface area (Å²) in [5.74, 6) is -0.0284. The number of hydrogen-bond acceptors (Lipinski definition) is 3. The fourth-order valence-corrected chi connectivity index (χ4v) is 2.80. The van der Waals surface area contributed by atoms with Crippen molar-refractivity contribution in [3.63, 3.8) is 0 Å². The van der Waals surface area contributed by atoms with Gasteiger partial charge in [0, 0.05) is 22.2 Å². The highest BCUT2D eigenvalue weighted by Crippen LogP contribution is 2.27. The quantitative estimate of drug-likeness (QED) is 0.758. The van der Waals surface area contributed by atoms with E-state index in [-0.39, 0.29) is 12.4 Å². The van der Waals surface area contributed by atoms with E-state index < -0.39 is 6.04 Å². The molecule has 1 atom stereocenters. The molecule has 5 heteroatoms. The molecule has 0 heterocycles. The molecule has 23 heavy (non-hydrogen) atoms. The van der Waals surface area contributed by atoms with Crippen LogP contribution in [0.15, 0.2) is 48.5 Å². The maximum Gasteiger partial charge on any atom is 0.184 e. The Labute approximate surface area is 146 Å². The van der Waals surface area contributed by atoms with Gasteiger partial charge in [0.15, 0.2) is 5.78 Å². The Kier molecular flexibility index (Phi) is 6.60. The van der Waals surface area contributed by atoms with Crippen LogP contribution in [-0.4, -0.2) is 35.5 Å². The van der Waals surface area contributed by atoms with E-state index in [1.807, 2.05) is 24.0 Å². The number of rotatable bonds is 7. The second-order valence-corrected chi connectivity index (χ2v) is 6.05. The van der Waals surface area contributed by atoms with Gasteiger partial charge in [-0.1, -0.05) is 42.3 Å². The fraction of sp³-hybridized carbons (Fsp3) is 0.278. The molecule has 2 rings (SSSR count). The van der Waals surface area contributed by atoms with Crippen LogP contribution in [0.1, 0.15) is 28.9 Å². The van der Waals surface area contributed by atoms with E-state index in [0.29, 0.717) is 28.7 Å². The summed E-state index contributed by atoms with van der Waals surface area (Å²) in [5.41, 5.74) is 1.44. The van der Waals surface area contributed by atoms with Crippen molar-refractivity contribution in [2.45, 2.75) is 13.0 Å². The predicted molar refractivity (Wildman–Crippen MR) is 94.3 cm³/mol. The third kappa shape index (κ3) is 4.55. The van der Waals surface area contributed by atoms with Crippen molar-refractivity contribution in [3.05, 3.63) is 69.7 Å². The van der Waals surface area contributed by atoms with Gasteiger partial charge in [-0.25, -0.2) is 0 Å². The Hall–Kier alpha value is -1.39. The number of benzene rings is 2. The van der Waals surface area contributed by atoms with Crippen molar-refractivity contribution in [2.75, 3.05) is 19.7 Å². The summed E-state index contributed by atoms with van der Waals surface area (Å²) in [5, 5.41) is 10.5. The Balaban J connectivity index is 2.41. The molecule has 0 saturated heterocycles. The zero-order valence-electron chi connectivity index (χ0n) is 12.9. The Bertz CT molecular complexity index is 641. The van der Waals surface area contributed by atoms with Gasteiger partial charge in [-0.05, 0) is 48.5 Å². The van der Waals surface area contributed by atoms with E-state index in [1.165, 1.54) is 0 Å². The second kappa shape index (κ2) is 8.46. The summed E-state index contributed by atoms with van der Waals surface area (Å²) < 4.78 is 0. The van der Waals surface area contributed by atoms with Crippen LogP contribution < -0.4 is 0 Å². The van der Waals surface area contributed by atoms with Crippen molar-refractivity contribution in [2.24, 2.45) is 0 Å². The maximum atomic E-state index is 13.0. The van der Waals surface area contributed by atoms with Crippen LogP contribution in [0.4, 0.5) is 0 Å². The van der Waals surface area contributed by atoms with Crippen molar-refractivity contribution in [1.82, 2.24) is 4.90 Å². The van der Waals surface area contributed by atoms with Crippen LogP contribution in [-0.2, 0) is 0 Å². The molecule has 0 fully saturated rings. The van der Waals surface area contributed by atoms with E-state index in [1.54, 1.807) is 36.4 Å². The summed E-state index contributed by atoms with van der Waals surface area (Å²) >= 11 is 11.9. The van der Waals surface area contributed by atoms with Gasteiger partial charge in [0.25, 0.3) is 0 Å². The molecule has 2 aromatic carbocycles.